The number of methoxy groups -OCH3 is 2. The minimum absolute atomic E-state index is 0.277. The van der Waals surface area contributed by atoms with Gasteiger partial charge >= 0.3 is 0 Å². The van der Waals surface area contributed by atoms with Crippen LogP contribution in [-0.4, -0.2) is 35.3 Å². The molecular formula is C28H25FN4O2. The Morgan fingerprint density at radius 1 is 0.886 bits per heavy atom. The number of halogens is 1. The highest BCUT2D eigenvalue weighted by Gasteiger charge is 2.17. The van der Waals surface area contributed by atoms with Gasteiger partial charge in [-0.05, 0) is 53.9 Å². The molecule has 7 heteroatoms. The fourth-order valence-electron chi connectivity index (χ4n) is 4.19. The van der Waals surface area contributed by atoms with Crippen LogP contribution in [-0.2, 0) is 6.42 Å². The van der Waals surface area contributed by atoms with E-state index in [1.807, 2.05) is 47.2 Å². The van der Waals surface area contributed by atoms with Crippen molar-refractivity contribution in [1.29, 1.82) is 0 Å². The van der Waals surface area contributed by atoms with Gasteiger partial charge in [0.05, 0.1) is 19.6 Å². The standard InChI is InChI=1S/C28H25FN4O2/c1-34-24-13-8-19(16-25(24)35-2)14-15-30-27-26-23(20-6-4-3-5-7-20)17-33(28(26)32-18-31-27)22-11-9-21(29)10-12-22/h3-13,16-18H,14-15H2,1-2H3,(H,30,31,32). The van der Waals surface area contributed by atoms with Crippen LogP contribution in [0.25, 0.3) is 27.8 Å². The van der Waals surface area contributed by atoms with Gasteiger partial charge in [-0.3, -0.25) is 0 Å². The first-order chi connectivity index (χ1) is 17.2. The van der Waals surface area contributed by atoms with Crippen LogP contribution in [0.1, 0.15) is 5.56 Å². The molecule has 6 nitrogen and oxygen atoms in total. The molecule has 2 heterocycles. The number of nitrogens with one attached hydrogen (secondary N) is 1. The Morgan fingerprint density at radius 2 is 1.66 bits per heavy atom. The van der Waals surface area contributed by atoms with Crippen molar-refractivity contribution >= 4 is 16.9 Å². The van der Waals surface area contributed by atoms with Gasteiger partial charge < -0.3 is 19.4 Å². The second-order valence-electron chi connectivity index (χ2n) is 8.04. The smallest absolute Gasteiger partial charge is 0.160 e. The van der Waals surface area contributed by atoms with Gasteiger partial charge in [0.2, 0.25) is 0 Å². The fourth-order valence-corrected chi connectivity index (χ4v) is 4.19. The maximum atomic E-state index is 13.6. The quantitative estimate of drug-likeness (QED) is 0.307. The topological polar surface area (TPSA) is 61.2 Å². The number of hydrogen-bond donors (Lipinski definition) is 1. The van der Waals surface area contributed by atoms with E-state index in [0.717, 1.165) is 45.6 Å². The third-order valence-electron chi connectivity index (χ3n) is 5.93. The van der Waals surface area contributed by atoms with Crippen molar-refractivity contribution in [3.63, 3.8) is 0 Å². The lowest BCUT2D eigenvalue weighted by Crippen LogP contribution is -2.07. The summed E-state index contributed by atoms with van der Waals surface area (Å²) in [5.74, 6) is 1.88. The largest absolute Gasteiger partial charge is 0.493 e. The number of hydrogen-bond acceptors (Lipinski definition) is 5. The highest BCUT2D eigenvalue weighted by atomic mass is 19.1. The van der Waals surface area contributed by atoms with Crippen LogP contribution in [0.5, 0.6) is 11.5 Å². The molecule has 0 saturated heterocycles. The first-order valence-electron chi connectivity index (χ1n) is 11.3. The zero-order chi connectivity index (χ0) is 24.2. The Hall–Kier alpha value is -4.39. The molecule has 0 amide bonds. The van der Waals surface area contributed by atoms with Crippen molar-refractivity contribution in [1.82, 2.24) is 14.5 Å². The van der Waals surface area contributed by atoms with Crippen LogP contribution in [0, 0.1) is 5.82 Å². The highest BCUT2D eigenvalue weighted by molar-refractivity contribution is 6.02. The van der Waals surface area contributed by atoms with Gasteiger partial charge in [0.15, 0.2) is 17.1 Å². The van der Waals surface area contributed by atoms with Gasteiger partial charge in [-0.1, -0.05) is 36.4 Å². The van der Waals surface area contributed by atoms with Gasteiger partial charge in [0, 0.05) is 24.0 Å². The molecule has 0 fully saturated rings. The molecule has 0 aliphatic heterocycles. The van der Waals surface area contributed by atoms with Crippen molar-refractivity contribution in [2.45, 2.75) is 6.42 Å². The summed E-state index contributed by atoms with van der Waals surface area (Å²) in [6.45, 7) is 0.664. The van der Waals surface area contributed by atoms with Crippen molar-refractivity contribution in [3.05, 3.63) is 96.7 Å². The molecular weight excluding hydrogens is 443 g/mol. The van der Waals surface area contributed by atoms with E-state index in [4.69, 9.17) is 9.47 Å². The molecule has 0 saturated carbocycles. The fraction of sp³-hybridized carbons (Fsp3) is 0.143. The Labute approximate surface area is 203 Å². The first kappa shape index (κ1) is 22.4. The van der Waals surface area contributed by atoms with Gasteiger partial charge in [-0.2, -0.15) is 0 Å². The summed E-state index contributed by atoms with van der Waals surface area (Å²) in [5.41, 5.74) is 4.75. The van der Waals surface area contributed by atoms with Crippen molar-refractivity contribution < 1.29 is 13.9 Å². The van der Waals surface area contributed by atoms with E-state index in [1.165, 1.54) is 12.1 Å². The molecule has 1 N–H and O–H groups in total. The Kier molecular flexibility index (Phi) is 6.30. The van der Waals surface area contributed by atoms with E-state index in [9.17, 15) is 4.39 Å². The number of anilines is 1. The first-order valence-corrected chi connectivity index (χ1v) is 11.3. The lowest BCUT2D eigenvalue weighted by atomic mass is 10.1. The number of benzene rings is 3. The van der Waals surface area contributed by atoms with E-state index in [-0.39, 0.29) is 5.82 Å². The molecule has 5 rings (SSSR count). The lowest BCUT2D eigenvalue weighted by Gasteiger charge is -2.11. The molecule has 3 aromatic carbocycles. The van der Waals surface area contributed by atoms with E-state index in [1.54, 1.807) is 32.7 Å². The second kappa shape index (κ2) is 9.85. The number of aromatic nitrogens is 3. The van der Waals surface area contributed by atoms with Gasteiger partial charge in [-0.15, -0.1) is 0 Å². The monoisotopic (exact) mass is 468 g/mol. The Balaban J connectivity index is 1.50. The van der Waals surface area contributed by atoms with Crippen LogP contribution < -0.4 is 14.8 Å². The lowest BCUT2D eigenvalue weighted by molar-refractivity contribution is 0.354. The van der Waals surface area contributed by atoms with E-state index >= 15 is 0 Å². The van der Waals surface area contributed by atoms with Crippen LogP contribution in [0.15, 0.2) is 85.3 Å². The summed E-state index contributed by atoms with van der Waals surface area (Å²) < 4.78 is 26.3. The molecule has 176 valence electrons. The van der Waals surface area contributed by atoms with E-state index in [0.29, 0.717) is 18.0 Å². The second-order valence-corrected chi connectivity index (χ2v) is 8.04. The molecule has 0 spiro atoms. The summed E-state index contributed by atoms with van der Waals surface area (Å²) in [4.78, 5) is 9.15. The van der Waals surface area contributed by atoms with E-state index < -0.39 is 0 Å². The number of fused-ring (bicyclic) bond motifs is 1. The average molecular weight is 469 g/mol. The SMILES string of the molecule is COc1ccc(CCNc2ncnc3c2c(-c2ccccc2)cn3-c2ccc(F)cc2)cc1OC. The van der Waals surface area contributed by atoms with Gasteiger partial charge in [-0.25, -0.2) is 14.4 Å². The number of nitrogens with zero attached hydrogens (tertiary/aromatic N) is 3. The zero-order valence-corrected chi connectivity index (χ0v) is 19.5. The van der Waals surface area contributed by atoms with Gasteiger partial charge in [0.1, 0.15) is 18.0 Å². The Morgan fingerprint density at radius 3 is 2.40 bits per heavy atom. The third kappa shape index (κ3) is 4.53. The molecule has 5 aromatic rings. The molecule has 0 aliphatic rings. The predicted molar refractivity (Wildman–Crippen MR) is 136 cm³/mol. The zero-order valence-electron chi connectivity index (χ0n) is 19.5. The van der Waals surface area contributed by atoms with Gasteiger partial charge in [0.25, 0.3) is 0 Å². The van der Waals surface area contributed by atoms with Crippen molar-refractivity contribution in [2.75, 3.05) is 26.1 Å². The minimum Gasteiger partial charge on any atom is -0.493 e. The number of rotatable bonds is 8. The van der Waals surface area contributed by atoms with Crippen LogP contribution in [0.4, 0.5) is 10.2 Å². The minimum atomic E-state index is -0.277. The summed E-state index contributed by atoms with van der Waals surface area (Å²) in [6, 6.07) is 22.4. The number of ether oxygens (including phenoxy) is 2. The molecule has 0 unspecified atom stereocenters. The summed E-state index contributed by atoms with van der Waals surface area (Å²) >= 11 is 0. The molecule has 0 atom stereocenters. The van der Waals surface area contributed by atoms with Crippen molar-refractivity contribution in [2.24, 2.45) is 0 Å². The molecule has 0 bridgehead atoms. The average Bonchev–Trinajstić information content (AvgIpc) is 3.30. The maximum Gasteiger partial charge on any atom is 0.160 e. The highest BCUT2D eigenvalue weighted by Crippen LogP contribution is 2.35. The molecule has 35 heavy (non-hydrogen) atoms. The van der Waals surface area contributed by atoms with Crippen molar-refractivity contribution in [3.8, 4) is 28.3 Å². The molecule has 0 radical (unpaired) electrons. The van der Waals surface area contributed by atoms with Crippen LogP contribution in [0.2, 0.25) is 0 Å². The maximum absolute atomic E-state index is 13.6. The summed E-state index contributed by atoms with van der Waals surface area (Å²) in [5, 5.41) is 4.40. The van der Waals surface area contributed by atoms with E-state index in [2.05, 4.69) is 27.4 Å². The third-order valence-corrected chi connectivity index (χ3v) is 5.93. The van der Waals surface area contributed by atoms with Crippen LogP contribution >= 0.6 is 0 Å². The van der Waals surface area contributed by atoms with Crippen LogP contribution in [0.3, 0.4) is 0 Å². The summed E-state index contributed by atoms with van der Waals surface area (Å²) in [7, 11) is 3.26. The summed E-state index contributed by atoms with van der Waals surface area (Å²) in [6.07, 6.45) is 4.35. The normalized spacial score (nSPS) is 10.9. The molecule has 2 aromatic heterocycles. The Bertz CT molecular complexity index is 1450. The molecule has 0 aliphatic carbocycles. The predicted octanol–water partition coefficient (Wildman–Crippen LogP) is 5.90.